The number of carbonyl (C=O) groups is 1. The zero-order valence-corrected chi connectivity index (χ0v) is 16.2. The minimum absolute atomic E-state index is 0.125. The number of rotatable bonds is 6. The lowest BCUT2D eigenvalue weighted by Crippen LogP contribution is -2.41. The third kappa shape index (κ3) is 3.69. The van der Waals surface area contributed by atoms with Crippen LogP contribution in [0.5, 0.6) is 0 Å². The van der Waals surface area contributed by atoms with Crippen LogP contribution < -0.4 is 11.0 Å². The van der Waals surface area contributed by atoms with E-state index in [4.69, 9.17) is 0 Å². The molecule has 4 rings (SSSR count). The topological polar surface area (TPSA) is 68.4 Å². The number of aromatic nitrogens is 3. The van der Waals surface area contributed by atoms with E-state index < -0.39 is 5.41 Å². The fourth-order valence-electron chi connectivity index (χ4n) is 3.52. The van der Waals surface area contributed by atoms with Gasteiger partial charge in [-0.2, -0.15) is 0 Å². The predicted molar refractivity (Wildman–Crippen MR) is 112 cm³/mol. The summed E-state index contributed by atoms with van der Waals surface area (Å²) in [6.07, 6.45) is 1.64. The SMILES string of the molecule is CC(CNC(=O)Cn1nc2ccccn2c1=O)(c1ccccc1)c1ccccc1. The fraction of sp³-hybridized carbons (Fsp3) is 0.174. The molecule has 1 N–H and O–H groups in total. The molecule has 0 unspecified atom stereocenters. The number of nitrogens with zero attached hydrogens (tertiary/aromatic N) is 3. The highest BCUT2D eigenvalue weighted by molar-refractivity contribution is 5.76. The van der Waals surface area contributed by atoms with Crippen LogP contribution >= 0.6 is 0 Å². The molecule has 0 spiro atoms. The first-order chi connectivity index (χ1) is 14.1. The Hall–Kier alpha value is -3.67. The summed E-state index contributed by atoms with van der Waals surface area (Å²) in [7, 11) is 0. The van der Waals surface area contributed by atoms with E-state index in [1.807, 2.05) is 36.4 Å². The molecule has 29 heavy (non-hydrogen) atoms. The smallest absolute Gasteiger partial charge is 0.350 e. The number of pyridine rings is 1. The average Bonchev–Trinajstić information content (AvgIpc) is 3.08. The van der Waals surface area contributed by atoms with Crippen molar-refractivity contribution in [3.05, 3.63) is 107 Å². The number of amides is 1. The van der Waals surface area contributed by atoms with Gasteiger partial charge in [-0.3, -0.25) is 9.20 Å². The van der Waals surface area contributed by atoms with Gasteiger partial charge in [0, 0.05) is 18.2 Å². The molecule has 2 aromatic carbocycles. The first-order valence-electron chi connectivity index (χ1n) is 9.50. The van der Waals surface area contributed by atoms with Gasteiger partial charge in [0.25, 0.3) is 0 Å². The van der Waals surface area contributed by atoms with Gasteiger partial charge in [0.15, 0.2) is 5.65 Å². The molecule has 146 valence electrons. The van der Waals surface area contributed by atoms with E-state index in [-0.39, 0.29) is 18.1 Å². The van der Waals surface area contributed by atoms with E-state index in [0.717, 1.165) is 11.1 Å². The number of hydrogen-bond donors (Lipinski definition) is 1. The second-order valence-corrected chi connectivity index (χ2v) is 7.21. The summed E-state index contributed by atoms with van der Waals surface area (Å²) < 4.78 is 2.61. The number of benzene rings is 2. The number of nitrogens with one attached hydrogen (secondary N) is 1. The summed E-state index contributed by atoms with van der Waals surface area (Å²) in [6.45, 7) is 2.39. The van der Waals surface area contributed by atoms with Crippen LogP contribution in [-0.2, 0) is 16.8 Å². The molecule has 0 saturated heterocycles. The molecule has 0 radical (unpaired) electrons. The molecule has 0 bridgehead atoms. The number of hydrogen-bond acceptors (Lipinski definition) is 3. The normalized spacial score (nSPS) is 11.5. The third-order valence-corrected chi connectivity index (χ3v) is 5.24. The maximum atomic E-state index is 12.6. The molecule has 0 aliphatic heterocycles. The highest BCUT2D eigenvalue weighted by atomic mass is 16.2. The predicted octanol–water partition coefficient (Wildman–Crippen LogP) is 2.62. The van der Waals surface area contributed by atoms with Crippen molar-refractivity contribution in [2.24, 2.45) is 0 Å². The zero-order chi connectivity index (χ0) is 20.3. The Bertz CT molecular complexity index is 1140. The van der Waals surface area contributed by atoms with Crippen LogP contribution in [0, 0.1) is 0 Å². The van der Waals surface area contributed by atoms with Crippen molar-refractivity contribution in [2.45, 2.75) is 18.9 Å². The van der Waals surface area contributed by atoms with Gasteiger partial charge in [-0.15, -0.1) is 5.10 Å². The summed E-state index contributed by atoms with van der Waals surface area (Å²) in [5.41, 5.74) is 2.00. The van der Waals surface area contributed by atoms with Gasteiger partial charge < -0.3 is 5.32 Å². The van der Waals surface area contributed by atoms with Crippen LogP contribution in [0.25, 0.3) is 5.65 Å². The van der Waals surface area contributed by atoms with Gasteiger partial charge in [0.2, 0.25) is 5.91 Å². The quantitative estimate of drug-likeness (QED) is 0.554. The second kappa shape index (κ2) is 7.75. The Labute approximate surface area is 168 Å². The van der Waals surface area contributed by atoms with Crippen LogP contribution in [0.3, 0.4) is 0 Å². The lowest BCUT2D eigenvalue weighted by Gasteiger charge is -2.31. The molecule has 0 aliphatic rings. The Morgan fingerprint density at radius 3 is 2.10 bits per heavy atom. The first-order valence-corrected chi connectivity index (χ1v) is 9.50. The van der Waals surface area contributed by atoms with Crippen molar-refractivity contribution in [1.82, 2.24) is 19.5 Å². The molecular weight excluding hydrogens is 364 g/mol. The largest absolute Gasteiger partial charge is 0.353 e. The molecule has 0 fully saturated rings. The highest BCUT2D eigenvalue weighted by Crippen LogP contribution is 2.31. The van der Waals surface area contributed by atoms with Crippen molar-refractivity contribution < 1.29 is 4.79 Å². The van der Waals surface area contributed by atoms with Crippen LogP contribution in [0.1, 0.15) is 18.1 Å². The van der Waals surface area contributed by atoms with Crippen LogP contribution in [-0.4, -0.2) is 26.6 Å². The van der Waals surface area contributed by atoms with Crippen molar-refractivity contribution in [1.29, 1.82) is 0 Å². The van der Waals surface area contributed by atoms with E-state index in [9.17, 15) is 9.59 Å². The van der Waals surface area contributed by atoms with Gasteiger partial charge in [-0.05, 0) is 30.2 Å². The van der Waals surface area contributed by atoms with E-state index in [2.05, 4.69) is 41.6 Å². The Balaban J connectivity index is 1.55. The molecule has 0 atom stereocenters. The minimum atomic E-state index is -0.401. The fourth-order valence-corrected chi connectivity index (χ4v) is 3.52. The van der Waals surface area contributed by atoms with Crippen LogP contribution in [0.4, 0.5) is 0 Å². The highest BCUT2D eigenvalue weighted by Gasteiger charge is 2.29. The van der Waals surface area contributed by atoms with Gasteiger partial charge in [-0.1, -0.05) is 66.7 Å². The third-order valence-electron chi connectivity index (χ3n) is 5.24. The average molecular weight is 386 g/mol. The zero-order valence-electron chi connectivity index (χ0n) is 16.2. The van der Waals surface area contributed by atoms with Crippen LogP contribution in [0.15, 0.2) is 89.9 Å². The van der Waals surface area contributed by atoms with E-state index in [0.29, 0.717) is 12.2 Å². The van der Waals surface area contributed by atoms with Crippen LogP contribution in [0.2, 0.25) is 0 Å². The minimum Gasteiger partial charge on any atom is -0.353 e. The Morgan fingerprint density at radius 2 is 1.52 bits per heavy atom. The molecule has 1 amide bonds. The van der Waals surface area contributed by atoms with Crippen molar-refractivity contribution in [2.75, 3.05) is 6.54 Å². The molecule has 6 nitrogen and oxygen atoms in total. The molecule has 4 aromatic rings. The second-order valence-electron chi connectivity index (χ2n) is 7.21. The summed E-state index contributed by atoms with van der Waals surface area (Å²) in [4.78, 5) is 25.0. The van der Waals surface area contributed by atoms with Crippen molar-refractivity contribution in [3.8, 4) is 0 Å². The van der Waals surface area contributed by atoms with Gasteiger partial charge in [0.05, 0.1) is 0 Å². The number of fused-ring (bicyclic) bond motifs is 1. The van der Waals surface area contributed by atoms with Crippen molar-refractivity contribution >= 4 is 11.6 Å². The maximum Gasteiger partial charge on any atom is 0.350 e. The standard InChI is InChI=1S/C23H22N4O2/c1-23(18-10-4-2-5-11-18,19-12-6-3-7-13-19)17-24-21(28)16-27-22(29)26-15-9-8-14-20(26)25-27/h2-15H,16-17H2,1H3,(H,24,28). The molecule has 0 saturated carbocycles. The summed E-state index contributed by atoms with van der Waals surface area (Å²) >= 11 is 0. The Kier molecular flexibility index (Phi) is 4.99. The van der Waals surface area contributed by atoms with E-state index >= 15 is 0 Å². The molecule has 2 heterocycles. The summed E-state index contributed by atoms with van der Waals surface area (Å²) in [6, 6.07) is 25.5. The van der Waals surface area contributed by atoms with Gasteiger partial charge >= 0.3 is 5.69 Å². The monoisotopic (exact) mass is 386 g/mol. The van der Waals surface area contributed by atoms with E-state index in [1.54, 1.807) is 24.4 Å². The molecule has 0 aliphatic carbocycles. The maximum absolute atomic E-state index is 12.6. The first kappa shape index (κ1) is 18.7. The van der Waals surface area contributed by atoms with Gasteiger partial charge in [0.1, 0.15) is 6.54 Å². The van der Waals surface area contributed by atoms with Crippen molar-refractivity contribution in [3.63, 3.8) is 0 Å². The molecule has 2 aromatic heterocycles. The van der Waals surface area contributed by atoms with Gasteiger partial charge in [-0.25, -0.2) is 9.48 Å². The van der Waals surface area contributed by atoms with E-state index in [1.165, 1.54) is 9.08 Å². The molecular formula is C23H22N4O2. The summed E-state index contributed by atoms with van der Waals surface area (Å²) in [5.74, 6) is -0.256. The lowest BCUT2D eigenvalue weighted by atomic mass is 9.76. The molecule has 6 heteroatoms. The summed E-state index contributed by atoms with van der Waals surface area (Å²) in [5, 5.41) is 7.21. The Morgan fingerprint density at radius 1 is 0.931 bits per heavy atom. The lowest BCUT2D eigenvalue weighted by molar-refractivity contribution is -0.122. The number of carbonyl (C=O) groups excluding carboxylic acids is 1.